The molecule has 0 heterocycles. The molecular formula is C14H18N2O4S. The summed E-state index contributed by atoms with van der Waals surface area (Å²) in [7, 11) is -3.88. The summed E-state index contributed by atoms with van der Waals surface area (Å²) in [6, 6.07) is 4.56. The number of carboxylic acid groups (broad SMARTS) is 1. The highest BCUT2D eigenvalue weighted by Gasteiger charge is 2.24. The standard InChI is InChI=1S/C14H18N2O4S/c1-9-5-11(13(17)18)6-12(10(9)2)21(19,20)16-8-14(3,4)7-15/h5-6,16H,8H2,1-4H3,(H,17,18). The lowest BCUT2D eigenvalue weighted by molar-refractivity contribution is 0.0696. The number of aromatic carboxylic acids is 1. The van der Waals surface area contributed by atoms with E-state index in [-0.39, 0.29) is 17.0 Å². The average molecular weight is 310 g/mol. The van der Waals surface area contributed by atoms with Gasteiger partial charge in [-0.1, -0.05) is 0 Å². The van der Waals surface area contributed by atoms with Crippen molar-refractivity contribution in [2.45, 2.75) is 32.6 Å². The van der Waals surface area contributed by atoms with Gasteiger partial charge in [-0.2, -0.15) is 5.26 Å². The van der Waals surface area contributed by atoms with Crippen LogP contribution < -0.4 is 4.72 Å². The first-order chi connectivity index (χ1) is 9.50. The van der Waals surface area contributed by atoms with Crippen molar-refractivity contribution in [1.29, 1.82) is 5.26 Å². The molecular weight excluding hydrogens is 292 g/mol. The van der Waals surface area contributed by atoms with Crippen LogP contribution in [-0.2, 0) is 10.0 Å². The van der Waals surface area contributed by atoms with Crippen LogP contribution in [0, 0.1) is 30.6 Å². The molecule has 0 radical (unpaired) electrons. The fourth-order valence-corrected chi connectivity index (χ4v) is 3.17. The van der Waals surface area contributed by atoms with E-state index in [1.165, 1.54) is 6.07 Å². The molecule has 2 N–H and O–H groups in total. The number of hydrogen-bond acceptors (Lipinski definition) is 4. The molecule has 0 spiro atoms. The third-order valence-corrected chi connectivity index (χ3v) is 4.69. The number of rotatable bonds is 5. The van der Waals surface area contributed by atoms with Gasteiger partial charge in [0.05, 0.1) is 21.9 Å². The number of carboxylic acids is 1. The number of nitriles is 1. The molecule has 0 saturated heterocycles. The molecule has 0 saturated carbocycles. The Balaban J connectivity index is 3.26. The second kappa shape index (κ2) is 5.84. The predicted molar refractivity (Wildman–Crippen MR) is 77.5 cm³/mol. The van der Waals surface area contributed by atoms with Crippen molar-refractivity contribution < 1.29 is 18.3 Å². The SMILES string of the molecule is Cc1cc(C(=O)O)cc(S(=O)(=O)NCC(C)(C)C#N)c1C. The van der Waals surface area contributed by atoms with Crippen LogP contribution in [0.1, 0.15) is 35.3 Å². The maximum absolute atomic E-state index is 12.3. The van der Waals surface area contributed by atoms with Crippen LogP contribution in [-0.4, -0.2) is 26.0 Å². The molecule has 0 unspecified atom stereocenters. The first-order valence-electron chi connectivity index (χ1n) is 6.25. The molecule has 0 atom stereocenters. The second-order valence-electron chi connectivity index (χ2n) is 5.54. The highest BCUT2D eigenvalue weighted by atomic mass is 32.2. The lowest BCUT2D eigenvalue weighted by Gasteiger charge is -2.17. The van der Waals surface area contributed by atoms with E-state index >= 15 is 0 Å². The summed E-state index contributed by atoms with van der Waals surface area (Å²) in [5, 5.41) is 17.9. The molecule has 1 aromatic rings. The summed E-state index contributed by atoms with van der Waals surface area (Å²) in [4.78, 5) is 11.0. The Morgan fingerprint density at radius 2 is 1.95 bits per heavy atom. The second-order valence-corrected chi connectivity index (χ2v) is 7.28. The Morgan fingerprint density at radius 3 is 2.43 bits per heavy atom. The maximum atomic E-state index is 12.3. The summed E-state index contributed by atoms with van der Waals surface area (Å²) in [5.74, 6) is -1.19. The molecule has 0 fully saturated rings. The molecule has 0 aliphatic heterocycles. The van der Waals surface area contributed by atoms with Gasteiger partial charge in [0.15, 0.2) is 0 Å². The summed E-state index contributed by atoms with van der Waals surface area (Å²) >= 11 is 0. The van der Waals surface area contributed by atoms with Crippen LogP contribution in [0.3, 0.4) is 0 Å². The van der Waals surface area contributed by atoms with Gasteiger partial charge in [0.1, 0.15) is 0 Å². The molecule has 0 bridgehead atoms. The largest absolute Gasteiger partial charge is 0.478 e. The minimum atomic E-state index is -3.88. The van der Waals surface area contributed by atoms with Gasteiger partial charge < -0.3 is 5.11 Å². The van der Waals surface area contributed by atoms with Crippen molar-refractivity contribution in [3.8, 4) is 6.07 Å². The van der Waals surface area contributed by atoms with Crippen LogP contribution in [0.5, 0.6) is 0 Å². The molecule has 0 amide bonds. The Labute approximate surface area is 124 Å². The van der Waals surface area contributed by atoms with Crippen LogP contribution in [0.4, 0.5) is 0 Å². The van der Waals surface area contributed by atoms with Gasteiger partial charge in [-0.05, 0) is 51.0 Å². The molecule has 0 aromatic heterocycles. The fraction of sp³-hybridized carbons (Fsp3) is 0.429. The van der Waals surface area contributed by atoms with E-state index in [1.807, 2.05) is 6.07 Å². The normalized spacial score (nSPS) is 12.0. The fourth-order valence-electron chi connectivity index (χ4n) is 1.62. The van der Waals surface area contributed by atoms with Gasteiger partial charge in [-0.15, -0.1) is 0 Å². The number of hydrogen-bond donors (Lipinski definition) is 2. The van der Waals surface area contributed by atoms with Gasteiger partial charge in [-0.3, -0.25) is 0 Å². The van der Waals surface area contributed by atoms with Crippen LogP contribution in [0.15, 0.2) is 17.0 Å². The Kier molecular flexibility index (Phi) is 4.76. The Hall–Kier alpha value is -1.91. The van der Waals surface area contributed by atoms with Gasteiger partial charge in [0, 0.05) is 6.54 Å². The van der Waals surface area contributed by atoms with Crippen molar-refractivity contribution >= 4 is 16.0 Å². The molecule has 0 aliphatic rings. The van der Waals surface area contributed by atoms with E-state index < -0.39 is 21.4 Å². The van der Waals surface area contributed by atoms with Crippen molar-refractivity contribution in [2.75, 3.05) is 6.54 Å². The van der Waals surface area contributed by atoms with Crippen molar-refractivity contribution in [3.05, 3.63) is 28.8 Å². The van der Waals surface area contributed by atoms with Gasteiger partial charge >= 0.3 is 5.97 Å². The summed E-state index contributed by atoms with van der Waals surface area (Å²) in [6.07, 6.45) is 0. The van der Waals surface area contributed by atoms with E-state index in [4.69, 9.17) is 10.4 Å². The van der Waals surface area contributed by atoms with Crippen LogP contribution >= 0.6 is 0 Å². The number of nitrogens with zero attached hydrogens (tertiary/aromatic N) is 1. The average Bonchev–Trinajstić information content (AvgIpc) is 2.39. The molecule has 1 rings (SSSR count). The molecule has 1 aromatic carbocycles. The Morgan fingerprint density at radius 1 is 1.38 bits per heavy atom. The van der Waals surface area contributed by atoms with Crippen LogP contribution in [0.2, 0.25) is 0 Å². The number of benzene rings is 1. The molecule has 114 valence electrons. The third-order valence-electron chi connectivity index (χ3n) is 3.16. The van der Waals surface area contributed by atoms with Gasteiger partial charge in [-0.25, -0.2) is 17.9 Å². The zero-order chi connectivity index (χ0) is 16.4. The monoisotopic (exact) mass is 310 g/mol. The predicted octanol–water partition coefficient (Wildman–Crippen LogP) is 1.83. The molecule has 6 nitrogen and oxygen atoms in total. The number of carbonyl (C=O) groups is 1. The van der Waals surface area contributed by atoms with E-state index in [1.54, 1.807) is 27.7 Å². The first kappa shape index (κ1) is 17.1. The molecule has 21 heavy (non-hydrogen) atoms. The topological polar surface area (TPSA) is 107 Å². The van der Waals surface area contributed by atoms with E-state index in [2.05, 4.69) is 4.72 Å². The van der Waals surface area contributed by atoms with E-state index in [9.17, 15) is 13.2 Å². The van der Waals surface area contributed by atoms with Gasteiger partial charge in [0.25, 0.3) is 0 Å². The Bertz CT molecular complexity index is 715. The van der Waals surface area contributed by atoms with E-state index in [0.717, 1.165) is 6.07 Å². The highest BCUT2D eigenvalue weighted by molar-refractivity contribution is 7.89. The highest BCUT2D eigenvalue weighted by Crippen LogP contribution is 2.22. The smallest absolute Gasteiger partial charge is 0.335 e. The quantitative estimate of drug-likeness (QED) is 0.862. The lowest BCUT2D eigenvalue weighted by atomic mass is 9.97. The van der Waals surface area contributed by atoms with Crippen molar-refractivity contribution in [2.24, 2.45) is 5.41 Å². The third kappa shape index (κ3) is 4.03. The van der Waals surface area contributed by atoms with Crippen molar-refractivity contribution in [1.82, 2.24) is 4.72 Å². The number of aryl methyl sites for hydroxylation is 1. The molecule has 7 heteroatoms. The minimum absolute atomic E-state index is 0.0539. The number of sulfonamides is 1. The minimum Gasteiger partial charge on any atom is -0.478 e. The zero-order valence-corrected chi connectivity index (χ0v) is 13.2. The van der Waals surface area contributed by atoms with Crippen LogP contribution in [0.25, 0.3) is 0 Å². The van der Waals surface area contributed by atoms with Gasteiger partial charge in [0.2, 0.25) is 10.0 Å². The summed E-state index contributed by atoms with van der Waals surface area (Å²) < 4.78 is 27.0. The summed E-state index contributed by atoms with van der Waals surface area (Å²) in [6.45, 7) is 6.44. The summed E-state index contributed by atoms with van der Waals surface area (Å²) in [5.41, 5.74) is 0.135. The number of nitrogens with one attached hydrogen (secondary N) is 1. The van der Waals surface area contributed by atoms with E-state index in [0.29, 0.717) is 11.1 Å². The lowest BCUT2D eigenvalue weighted by Crippen LogP contribution is -2.33. The zero-order valence-electron chi connectivity index (χ0n) is 12.4. The van der Waals surface area contributed by atoms with Crippen molar-refractivity contribution in [3.63, 3.8) is 0 Å². The maximum Gasteiger partial charge on any atom is 0.335 e. The molecule has 0 aliphatic carbocycles. The first-order valence-corrected chi connectivity index (χ1v) is 7.74.